The van der Waals surface area contributed by atoms with Crippen molar-refractivity contribution in [1.82, 2.24) is 10.2 Å². The minimum atomic E-state index is -0.137. The van der Waals surface area contributed by atoms with Crippen molar-refractivity contribution in [3.05, 3.63) is 29.3 Å². The van der Waals surface area contributed by atoms with Crippen LogP contribution in [0.25, 0.3) is 0 Å². The van der Waals surface area contributed by atoms with Gasteiger partial charge in [-0.25, -0.2) is 0 Å². The third kappa shape index (κ3) is 4.12. The molecule has 1 amide bonds. The van der Waals surface area contributed by atoms with Crippen LogP contribution in [-0.2, 0) is 9.53 Å². The van der Waals surface area contributed by atoms with Crippen molar-refractivity contribution in [2.45, 2.75) is 25.0 Å². The van der Waals surface area contributed by atoms with Crippen molar-refractivity contribution in [2.75, 3.05) is 32.8 Å². The van der Waals surface area contributed by atoms with Crippen molar-refractivity contribution in [2.24, 2.45) is 0 Å². The molecule has 0 aromatic heterocycles. The monoisotopic (exact) mass is 324 g/mol. The molecule has 2 atom stereocenters. The molecule has 0 aliphatic carbocycles. The van der Waals surface area contributed by atoms with Crippen molar-refractivity contribution < 1.29 is 14.3 Å². The first-order valence-electron chi connectivity index (χ1n) is 7.71. The molecule has 0 radical (unpaired) electrons. The smallest absolute Gasteiger partial charge is 0.258 e. The molecule has 2 aliphatic heterocycles. The average molecular weight is 325 g/mol. The Morgan fingerprint density at radius 3 is 3.05 bits per heavy atom. The molecule has 2 fully saturated rings. The van der Waals surface area contributed by atoms with Gasteiger partial charge in [-0.15, -0.1) is 0 Å². The molecule has 0 saturated carbocycles. The van der Waals surface area contributed by atoms with Crippen LogP contribution in [0, 0.1) is 0 Å². The number of rotatable bonds is 5. The van der Waals surface area contributed by atoms with Gasteiger partial charge in [-0.3, -0.25) is 9.69 Å². The van der Waals surface area contributed by atoms with Crippen LogP contribution in [0.1, 0.15) is 12.8 Å². The SMILES string of the molecule is O=C(COc1ccc(Cl)cc1)NCC1CN2CCCC2CO1. The zero-order chi connectivity index (χ0) is 15.4. The Bertz CT molecular complexity index is 509. The number of ether oxygens (including phenoxy) is 2. The highest BCUT2D eigenvalue weighted by Gasteiger charge is 2.32. The molecule has 0 bridgehead atoms. The standard InChI is InChI=1S/C16H21ClN2O3/c17-12-3-5-14(6-4-12)22-11-16(20)18-8-15-9-19-7-1-2-13(19)10-21-15/h3-6,13,15H,1-2,7-11H2,(H,18,20). The first kappa shape index (κ1) is 15.6. The molecule has 1 N–H and O–H groups in total. The van der Waals surface area contributed by atoms with E-state index >= 15 is 0 Å². The fraction of sp³-hybridized carbons (Fsp3) is 0.562. The Balaban J connectivity index is 1.36. The number of halogens is 1. The molecule has 2 saturated heterocycles. The van der Waals surface area contributed by atoms with Gasteiger partial charge < -0.3 is 14.8 Å². The van der Waals surface area contributed by atoms with Crippen LogP contribution < -0.4 is 10.1 Å². The van der Waals surface area contributed by atoms with E-state index in [0.29, 0.717) is 23.4 Å². The van der Waals surface area contributed by atoms with Gasteiger partial charge in [-0.05, 0) is 43.7 Å². The highest BCUT2D eigenvalue weighted by molar-refractivity contribution is 6.30. The van der Waals surface area contributed by atoms with Crippen LogP contribution in [0.3, 0.4) is 0 Å². The largest absolute Gasteiger partial charge is 0.484 e. The van der Waals surface area contributed by atoms with E-state index in [2.05, 4.69) is 10.2 Å². The molecule has 2 heterocycles. The third-order valence-corrected chi connectivity index (χ3v) is 4.42. The van der Waals surface area contributed by atoms with E-state index in [-0.39, 0.29) is 18.6 Å². The van der Waals surface area contributed by atoms with E-state index in [4.69, 9.17) is 21.1 Å². The molecule has 6 heteroatoms. The summed E-state index contributed by atoms with van der Waals surface area (Å²) in [4.78, 5) is 14.3. The number of fused-ring (bicyclic) bond motifs is 1. The van der Waals surface area contributed by atoms with Crippen molar-refractivity contribution in [3.8, 4) is 5.75 Å². The van der Waals surface area contributed by atoms with E-state index in [0.717, 1.165) is 19.7 Å². The second-order valence-corrected chi connectivity index (χ2v) is 6.23. The van der Waals surface area contributed by atoms with Crippen LogP contribution in [0.2, 0.25) is 5.02 Å². The Hall–Kier alpha value is -1.30. The molecular weight excluding hydrogens is 304 g/mol. The maximum atomic E-state index is 11.8. The fourth-order valence-electron chi connectivity index (χ4n) is 2.97. The number of amides is 1. The summed E-state index contributed by atoms with van der Waals surface area (Å²) in [5, 5.41) is 3.52. The fourth-order valence-corrected chi connectivity index (χ4v) is 3.09. The topological polar surface area (TPSA) is 50.8 Å². The lowest BCUT2D eigenvalue weighted by atomic mass is 10.2. The second kappa shape index (κ2) is 7.31. The Morgan fingerprint density at radius 2 is 2.23 bits per heavy atom. The first-order chi connectivity index (χ1) is 10.7. The van der Waals surface area contributed by atoms with Crippen molar-refractivity contribution in [1.29, 1.82) is 0 Å². The molecule has 2 unspecified atom stereocenters. The zero-order valence-corrected chi connectivity index (χ0v) is 13.2. The third-order valence-electron chi connectivity index (χ3n) is 4.17. The van der Waals surface area contributed by atoms with Crippen LogP contribution in [-0.4, -0.2) is 55.8 Å². The minimum absolute atomic E-state index is 0.000686. The van der Waals surface area contributed by atoms with Crippen molar-refractivity contribution >= 4 is 17.5 Å². The highest BCUT2D eigenvalue weighted by Crippen LogP contribution is 2.22. The summed E-state index contributed by atoms with van der Waals surface area (Å²) in [7, 11) is 0. The van der Waals surface area contributed by atoms with E-state index in [1.54, 1.807) is 24.3 Å². The Kier molecular flexibility index (Phi) is 5.18. The quantitative estimate of drug-likeness (QED) is 0.895. The van der Waals surface area contributed by atoms with E-state index in [9.17, 15) is 4.79 Å². The highest BCUT2D eigenvalue weighted by atomic mass is 35.5. The predicted octanol–water partition coefficient (Wildman–Crippen LogP) is 1.70. The number of carbonyl (C=O) groups is 1. The molecule has 0 spiro atoms. The number of nitrogens with zero attached hydrogens (tertiary/aromatic N) is 1. The lowest BCUT2D eigenvalue weighted by Crippen LogP contribution is -2.50. The summed E-state index contributed by atoms with van der Waals surface area (Å²) in [5.41, 5.74) is 0. The van der Waals surface area contributed by atoms with Gasteiger partial charge in [0, 0.05) is 24.2 Å². The van der Waals surface area contributed by atoms with E-state index in [1.807, 2.05) is 0 Å². The van der Waals surface area contributed by atoms with Gasteiger partial charge in [0.2, 0.25) is 0 Å². The maximum Gasteiger partial charge on any atom is 0.258 e. The molecule has 2 aliphatic rings. The first-order valence-corrected chi connectivity index (χ1v) is 8.09. The molecule has 3 rings (SSSR count). The summed E-state index contributed by atoms with van der Waals surface area (Å²) < 4.78 is 11.2. The molecule has 1 aromatic carbocycles. The number of nitrogens with one attached hydrogen (secondary N) is 1. The summed E-state index contributed by atoms with van der Waals surface area (Å²) >= 11 is 5.80. The zero-order valence-electron chi connectivity index (χ0n) is 12.5. The predicted molar refractivity (Wildman–Crippen MR) is 84.3 cm³/mol. The van der Waals surface area contributed by atoms with Crippen molar-refractivity contribution in [3.63, 3.8) is 0 Å². The van der Waals surface area contributed by atoms with Crippen LogP contribution in [0.4, 0.5) is 0 Å². The van der Waals surface area contributed by atoms with Gasteiger partial charge in [-0.2, -0.15) is 0 Å². The molecular formula is C16H21ClN2O3. The van der Waals surface area contributed by atoms with Crippen LogP contribution in [0.15, 0.2) is 24.3 Å². The lowest BCUT2D eigenvalue weighted by Gasteiger charge is -2.35. The molecule has 1 aromatic rings. The number of carbonyl (C=O) groups excluding carboxylic acids is 1. The van der Waals surface area contributed by atoms with Gasteiger partial charge in [0.05, 0.1) is 12.7 Å². The Labute approximate surface area is 135 Å². The number of hydrogen-bond acceptors (Lipinski definition) is 4. The van der Waals surface area contributed by atoms with Gasteiger partial charge >= 0.3 is 0 Å². The normalized spacial score (nSPS) is 24.8. The molecule has 5 nitrogen and oxygen atoms in total. The van der Waals surface area contributed by atoms with Crippen LogP contribution in [0.5, 0.6) is 5.75 Å². The average Bonchev–Trinajstić information content (AvgIpc) is 3.00. The number of benzene rings is 1. The lowest BCUT2D eigenvalue weighted by molar-refractivity contribution is -0.124. The van der Waals surface area contributed by atoms with Gasteiger partial charge in [-0.1, -0.05) is 11.6 Å². The summed E-state index contributed by atoms with van der Waals surface area (Å²) in [6.07, 6.45) is 2.56. The molecule has 22 heavy (non-hydrogen) atoms. The van der Waals surface area contributed by atoms with E-state index in [1.165, 1.54) is 12.8 Å². The van der Waals surface area contributed by atoms with Gasteiger partial charge in [0.1, 0.15) is 5.75 Å². The summed E-state index contributed by atoms with van der Waals surface area (Å²) in [6, 6.07) is 7.54. The van der Waals surface area contributed by atoms with Crippen LogP contribution >= 0.6 is 11.6 Å². The maximum absolute atomic E-state index is 11.8. The van der Waals surface area contributed by atoms with E-state index < -0.39 is 0 Å². The summed E-state index contributed by atoms with van der Waals surface area (Å²) in [5.74, 6) is 0.496. The summed E-state index contributed by atoms with van der Waals surface area (Å²) in [6.45, 7) is 3.37. The Morgan fingerprint density at radius 1 is 1.41 bits per heavy atom. The number of morpholine rings is 1. The van der Waals surface area contributed by atoms with Gasteiger partial charge in [0.25, 0.3) is 5.91 Å². The number of hydrogen-bond donors (Lipinski definition) is 1. The molecule has 120 valence electrons. The van der Waals surface area contributed by atoms with Gasteiger partial charge in [0.15, 0.2) is 6.61 Å². The second-order valence-electron chi connectivity index (χ2n) is 5.79. The minimum Gasteiger partial charge on any atom is -0.484 e.